The van der Waals surface area contributed by atoms with Crippen LogP contribution in [0.4, 0.5) is 20.6 Å². The van der Waals surface area contributed by atoms with Crippen LogP contribution in [0.3, 0.4) is 0 Å². The summed E-state index contributed by atoms with van der Waals surface area (Å²) in [4.78, 5) is 30.5. The van der Waals surface area contributed by atoms with Crippen molar-refractivity contribution >= 4 is 39.3 Å². The number of halogens is 2. The fourth-order valence-corrected chi connectivity index (χ4v) is 3.95. The Morgan fingerprint density at radius 2 is 2.13 bits per heavy atom. The summed E-state index contributed by atoms with van der Waals surface area (Å²) >= 11 is 3.06. The number of rotatable bonds is 6. The van der Waals surface area contributed by atoms with Crippen LogP contribution in [0.1, 0.15) is 26.2 Å². The highest BCUT2D eigenvalue weighted by molar-refractivity contribution is 9.09. The Kier molecular flexibility index (Phi) is 7.32. The predicted octanol–water partition coefficient (Wildman–Crippen LogP) is 3.85. The number of hydrogen-bond donors (Lipinski definition) is 1. The number of carbonyl (C=O) groups excluding carboxylic acids is 2. The number of piperidine rings is 1. The number of amides is 2. The van der Waals surface area contributed by atoms with Gasteiger partial charge in [0.2, 0.25) is 5.91 Å². The lowest BCUT2D eigenvalue weighted by Crippen LogP contribution is -2.35. The second-order valence-corrected chi connectivity index (χ2v) is 7.75. The first-order valence-corrected chi connectivity index (χ1v) is 11.0. The highest BCUT2D eigenvalue weighted by Gasteiger charge is 2.33. The SMILES string of the molecule is [C-]#[N+]C(CC)=C1CCN(c2ccc(N3C[C@H](CNC(=O)CBr)OC3=O)cc2F)CC1. The Morgan fingerprint density at radius 1 is 1.40 bits per heavy atom. The zero-order valence-corrected chi connectivity index (χ0v) is 18.4. The number of alkyl halides is 1. The lowest BCUT2D eigenvalue weighted by molar-refractivity contribution is -0.118. The normalized spacial score (nSPS) is 18.8. The van der Waals surface area contributed by atoms with Gasteiger partial charge in [0.05, 0.1) is 36.4 Å². The summed E-state index contributed by atoms with van der Waals surface area (Å²) in [5.41, 5.74) is 2.90. The monoisotopic (exact) mass is 478 g/mol. The molecule has 3 rings (SSSR count). The zero-order valence-electron chi connectivity index (χ0n) is 16.8. The number of carbonyl (C=O) groups is 2. The Morgan fingerprint density at radius 3 is 2.73 bits per heavy atom. The summed E-state index contributed by atoms with van der Waals surface area (Å²) in [6.07, 6.45) is 1.21. The maximum absolute atomic E-state index is 14.9. The number of cyclic esters (lactones) is 1. The molecule has 2 aliphatic heterocycles. The van der Waals surface area contributed by atoms with Gasteiger partial charge in [0.15, 0.2) is 5.70 Å². The number of allylic oxidation sites excluding steroid dienone is 1. The number of benzene rings is 1. The average molecular weight is 479 g/mol. The molecule has 0 spiro atoms. The molecule has 30 heavy (non-hydrogen) atoms. The summed E-state index contributed by atoms with van der Waals surface area (Å²) in [5.74, 6) is -0.591. The Hall–Kier alpha value is -2.60. The van der Waals surface area contributed by atoms with E-state index in [4.69, 9.17) is 11.3 Å². The Labute approximate surface area is 183 Å². The second kappa shape index (κ2) is 9.94. The molecule has 0 saturated carbocycles. The van der Waals surface area contributed by atoms with Gasteiger partial charge in [-0.05, 0) is 37.5 Å². The predicted molar refractivity (Wildman–Crippen MR) is 116 cm³/mol. The molecule has 0 bridgehead atoms. The lowest BCUT2D eigenvalue weighted by atomic mass is 10.00. The number of ether oxygens (including phenoxy) is 1. The van der Waals surface area contributed by atoms with E-state index in [2.05, 4.69) is 26.1 Å². The van der Waals surface area contributed by atoms with E-state index in [9.17, 15) is 14.0 Å². The van der Waals surface area contributed by atoms with E-state index in [1.54, 1.807) is 12.1 Å². The maximum atomic E-state index is 14.9. The van der Waals surface area contributed by atoms with Gasteiger partial charge in [-0.15, -0.1) is 0 Å². The van der Waals surface area contributed by atoms with Gasteiger partial charge in [0.1, 0.15) is 11.9 Å². The first-order chi connectivity index (χ1) is 14.5. The van der Waals surface area contributed by atoms with Crippen molar-refractivity contribution in [3.05, 3.63) is 46.7 Å². The molecular formula is C21H24BrFN4O3. The molecule has 2 fully saturated rings. The van der Waals surface area contributed by atoms with Crippen LogP contribution < -0.4 is 15.1 Å². The average Bonchev–Trinajstić information content (AvgIpc) is 3.14. The fourth-order valence-electron chi connectivity index (χ4n) is 3.75. The number of nitrogens with one attached hydrogen (secondary N) is 1. The molecule has 0 aromatic heterocycles. The van der Waals surface area contributed by atoms with Gasteiger partial charge in [-0.2, -0.15) is 0 Å². The van der Waals surface area contributed by atoms with E-state index < -0.39 is 18.0 Å². The van der Waals surface area contributed by atoms with Crippen LogP contribution in [0.5, 0.6) is 0 Å². The molecule has 7 nitrogen and oxygen atoms in total. The van der Waals surface area contributed by atoms with Crippen LogP contribution >= 0.6 is 15.9 Å². The van der Waals surface area contributed by atoms with Crippen molar-refractivity contribution in [2.45, 2.75) is 32.3 Å². The van der Waals surface area contributed by atoms with Crippen LogP contribution in [0, 0.1) is 12.4 Å². The van der Waals surface area contributed by atoms with Crippen molar-refractivity contribution in [1.82, 2.24) is 5.32 Å². The Balaban J connectivity index is 1.65. The third-order valence-corrected chi connectivity index (χ3v) is 5.86. The lowest BCUT2D eigenvalue weighted by Gasteiger charge is -2.31. The molecule has 1 aromatic carbocycles. The van der Waals surface area contributed by atoms with Crippen LogP contribution in [0.2, 0.25) is 0 Å². The third kappa shape index (κ3) is 4.93. The van der Waals surface area contributed by atoms with Crippen molar-refractivity contribution < 1.29 is 18.7 Å². The van der Waals surface area contributed by atoms with Crippen LogP contribution in [-0.4, -0.2) is 49.6 Å². The fraction of sp³-hybridized carbons (Fsp3) is 0.476. The van der Waals surface area contributed by atoms with Crippen LogP contribution in [-0.2, 0) is 9.53 Å². The van der Waals surface area contributed by atoms with Gasteiger partial charge >= 0.3 is 6.09 Å². The first kappa shape index (κ1) is 22.1. The van der Waals surface area contributed by atoms with Gasteiger partial charge in [-0.1, -0.05) is 28.4 Å². The quantitative estimate of drug-likeness (QED) is 0.498. The van der Waals surface area contributed by atoms with Gasteiger partial charge in [0.25, 0.3) is 0 Å². The van der Waals surface area contributed by atoms with E-state index in [0.29, 0.717) is 24.5 Å². The molecule has 1 aromatic rings. The molecule has 0 radical (unpaired) electrons. The highest BCUT2D eigenvalue weighted by Crippen LogP contribution is 2.31. The summed E-state index contributed by atoms with van der Waals surface area (Å²) in [6, 6.07) is 4.74. The summed E-state index contributed by atoms with van der Waals surface area (Å²) in [7, 11) is 0. The third-order valence-electron chi connectivity index (χ3n) is 5.35. The molecule has 2 amide bonds. The number of nitrogens with zero attached hydrogens (tertiary/aromatic N) is 3. The minimum absolute atomic E-state index is 0.176. The maximum Gasteiger partial charge on any atom is 0.414 e. The van der Waals surface area contributed by atoms with Crippen molar-refractivity contribution in [1.29, 1.82) is 0 Å². The minimum atomic E-state index is -0.556. The van der Waals surface area contributed by atoms with Crippen LogP contribution in [0.15, 0.2) is 29.5 Å². The van der Waals surface area contributed by atoms with Gasteiger partial charge in [-0.3, -0.25) is 9.69 Å². The smallest absolute Gasteiger partial charge is 0.414 e. The molecule has 1 N–H and O–H groups in total. The summed E-state index contributed by atoms with van der Waals surface area (Å²) in [6.45, 7) is 11.0. The highest BCUT2D eigenvalue weighted by atomic mass is 79.9. The van der Waals surface area contributed by atoms with Crippen molar-refractivity contribution in [3.8, 4) is 0 Å². The number of anilines is 2. The molecular weight excluding hydrogens is 455 g/mol. The van der Waals surface area contributed by atoms with Crippen molar-refractivity contribution in [2.75, 3.05) is 41.3 Å². The molecule has 160 valence electrons. The molecule has 0 unspecified atom stereocenters. The zero-order chi connectivity index (χ0) is 21.7. The van der Waals surface area contributed by atoms with E-state index in [1.807, 2.05) is 11.8 Å². The molecule has 0 aliphatic carbocycles. The van der Waals surface area contributed by atoms with Crippen molar-refractivity contribution in [3.63, 3.8) is 0 Å². The molecule has 2 heterocycles. The molecule has 2 aliphatic rings. The topological polar surface area (TPSA) is 66.2 Å². The summed E-state index contributed by atoms with van der Waals surface area (Å²) in [5, 5.41) is 2.83. The molecule has 1 atom stereocenters. The van der Waals surface area contributed by atoms with E-state index >= 15 is 0 Å². The van der Waals surface area contributed by atoms with Gasteiger partial charge in [-0.25, -0.2) is 14.0 Å². The Bertz CT molecular complexity index is 889. The van der Waals surface area contributed by atoms with E-state index in [1.165, 1.54) is 16.5 Å². The summed E-state index contributed by atoms with van der Waals surface area (Å²) < 4.78 is 20.1. The standard InChI is InChI=1S/C21H24BrFN4O3/c1-3-18(24-2)14-6-8-26(9-7-14)19-5-4-15(10-17(19)23)27-13-16(30-21(27)29)12-25-20(28)11-22/h4-5,10,16H,3,6-9,11-13H2,1H3,(H,25,28)/t16-/m0/s1. The largest absolute Gasteiger partial charge is 0.442 e. The van der Waals surface area contributed by atoms with E-state index in [-0.39, 0.29) is 24.3 Å². The van der Waals surface area contributed by atoms with E-state index in [0.717, 1.165) is 25.0 Å². The number of hydrogen-bond acceptors (Lipinski definition) is 4. The van der Waals surface area contributed by atoms with Crippen LogP contribution in [0.25, 0.3) is 4.85 Å². The van der Waals surface area contributed by atoms with Crippen molar-refractivity contribution in [2.24, 2.45) is 0 Å². The molecule has 2 saturated heterocycles. The van der Waals surface area contributed by atoms with Gasteiger partial charge < -0.3 is 15.0 Å². The molecule has 9 heteroatoms. The minimum Gasteiger partial charge on any atom is -0.442 e. The first-order valence-electron chi connectivity index (χ1n) is 9.90. The second-order valence-electron chi connectivity index (χ2n) is 7.19. The van der Waals surface area contributed by atoms with Gasteiger partial charge in [0, 0.05) is 13.1 Å².